The Kier molecular flexibility index (Phi) is 4.00. The Bertz CT molecular complexity index is 999. The molecule has 0 aliphatic heterocycles. The molecule has 0 saturated heterocycles. The summed E-state index contributed by atoms with van der Waals surface area (Å²) in [5.41, 5.74) is 1.57. The highest BCUT2D eigenvalue weighted by atomic mass is 79.9. The molecule has 1 aromatic carbocycles. The fourth-order valence-electron chi connectivity index (χ4n) is 2.20. The first-order valence-electron chi connectivity index (χ1n) is 6.90. The molecule has 0 aliphatic rings. The Labute approximate surface area is 140 Å². The maximum atomic E-state index is 12.3. The van der Waals surface area contributed by atoms with E-state index in [1.165, 1.54) is 6.08 Å². The third-order valence-electron chi connectivity index (χ3n) is 3.65. The molecule has 0 spiro atoms. The molecule has 0 saturated carbocycles. The number of rotatable bonds is 3. The molecular weight excluding hydrogens is 360 g/mol. The Balaban J connectivity index is 1.99. The zero-order valence-corrected chi connectivity index (χ0v) is 14.1. The van der Waals surface area contributed by atoms with Gasteiger partial charge in [-0.3, -0.25) is 9.48 Å². The van der Waals surface area contributed by atoms with Crippen molar-refractivity contribution >= 4 is 38.8 Å². The fraction of sp³-hybridized carbons (Fsp3) is 0.118. The van der Waals surface area contributed by atoms with Crippen LogP contribution in [0.2, 0.25) is 0 Å². The van der Waals surface area contributed by atoms with Crippen LogP contribution in [0.5, 0.6) is 0 Å². The van der Waals surface area contributed by atoms with E-state index < -0.39 is 11.4 Å². The smallest absolute Gasteiger partial charge is 0.347 e. The Morgan fingerprint density at radius 2 is 2.13 bits per heavy atom. The average molecular weight is 373 g/mol. The van der Waals surface area contributed by atoms with Crippen molar-refractivity contribution < 1.29 is 9.21 Å². The molecule has 3 rings (SSSR count). The van der Waals surface area contributed by atoms with Crippen molar-refractivity contribution in [3.8, 4) is 0 Å². The van der Waals surface area contributed by atoms with Crippen LogP contribution in [0.4, 0.5) is 0 Å². The van der Waals surface area contributed by atoms with E-state index in [4.69, 9.17) is 4.42 Å². The highest BCUT2D eigenvalue weighted by Gasteiger charge is 2.12. The molecule has 2 aromatic heterocycles. The molecule has 0 radical (unpaired) electrons. The first kappa shape index (κ1) is 15.4. The van der Waals surface area contributed by atoms with Crippen molar-refractivity contribution in [2.24, 2.45) is 7.05 Å². The Morgan fingerprint density at radius 1 is 1.35 bits per heavy atom. The summed E-state index contributed by atoms with van der Waals surface area (Å²) in [5, 5.41) is 4.79. The summed E-state index contributed by atoms with van der Waals surface area (Å²) < 4.78 is 7.76. The van der Waals surface area contributed by atoms with Crippen molar-refractivity contribution in [1.29, 1.82) is 0 Å². The van der Waals surface area contributed by atoms with Gasteiger partial charge in [0.15, 0.2) is 5.78 Å². The van der Waals surface area contributed by atoms with Crippen molar-refractivity contribution in [3.63, 3.8) is 0 Å². The van der Waals surface area contributed by atoms with Gasteiger partial charge in [-0.2, -0.15) is 5.10 Å². The number of halogens is 1. The summed E-state index contributed by atoms with van der Waals surface area (Å²) in [6.45, 7) is 1.90. The number of hydrogen-bond donors (Lipinski definition) is 0. The van der Waals surface area contributed by atoms with E-state index in [2.05, 4.69) is 21.0 Å². The first-order chi connectivity index (χ1) is 11.0. The average Bonchev–Trinajstić information content (AvgIpc) is 2.84. The second kappa shape index (κ2) is 5.96. The monoisotopic (exact) mass is 372 g/mol. The zero-order valence-electron chi connectivity index (χ0n) is 12.5. The molecule has 0 unspecified atom stereocenters. The first-order valence-corrected chi connectivity index (χ1v) is 7.69. The van der Waals surface area contributed by atoms with Gasteiger partial charge in [0.1, 0.15) is 11.1 Å². The van der Waals surface area contributed by atoms with Crippen LogP contribution in [-0.4, -0.2) is 15.6 Å². The number of allylic oxidation sites excluding steroid dienone is 1. The second-order valence-corrected chi connectivity index (χ2v) is 6.05. The van der Waals surface area contributed by atoms with Crippen LogP contribution in [0.1, 0.15) is 21.6 Å². The predicted octanol–water partition coefficient (Wildman–Crippen LogP) is 3.49. The van der Waals surface area contributed by atoms with Crippen LogP contribution in [0, 0.1) is 6.92 Å². The summed E-state index contributed by atoms with van der Waals surface area (Å²) in [7, 11) is 1.82. The van der Waals surface area contributed by atoms with Gasteiger partial charge >= 0.3 is 5.63 Å². The van der Waals surface area contributed by atoms with E-state index in [1.807, 2.05) is 14.0 Å². The maximum Gasteiger partial charge on any atom is 0.347 e. The number of hydrogen-bond acceptors (Lipinski definition) is 4. The number of nitrogens with zero attached hydrogens (tertiary/aromatic N) is 2. The van der Waals surface area contributed by atoms with Crippen molar-refractivity contribution in [3.05, 3.63) is 68.3 Å². The SMILES string of the molecule is Cc1c(/C=C/C(=O)c2cc3cc(Br)ccc3oc2=O)cnn1C. The summed E-state index contributed by atoms with van der Waals surface area (Å²) in [4.78, 5) is 24.3. The number of fused-ring (bicyclic) bond motifs is 1. The van der Waals surface area contributed by atoms with E-state index in [9.17, 15) is 9.59 Å². The van der Waals surface area contributed by atoms with Crippen molar-refractivity contribution in [2.75, 3.05) is 0 Å². The minimum Gasteiger partial charge on any atom is -0.422 e. The normalized spacial score (nSPS) is 11.4. The number of carbonyl (C=O) groups excluding carboxylic acids is 1. The van der Waals surface area contributed by atoms with Crippen LogP contribution >= 0.6 is 15.9 Å². The lowest BCUT2D eigenvalue weighted by Crippen LogP contribution is -2.11. The van der Waals surface area contributed by atoms with Gasteiger partial charge in [0.2, 0.25) is 0 Å². The highest BCUT2D eigenvalue weighted by molar-refractivity contribution is 9.10. The van der Waals surface area contributed by atoms with Crippen molar-refractivity contribution in [1.82, 2.24) is 9.78 Å². The van der Waals surface area contributed by atoms with Crippen LogP contribution in [0.3, 0.4) is 0 Å². The number of aromatic nitrogens is 2. The minimum absolute atomic E-state index is 0.00777. The van der Waals surface area contributed by atoms with Gasteiger partial charge in [-0.1, -0.05) is 15.9 Å². The van der Waals surface area contributed by atoms with E-state index in [-0.39, 0.29) is 5.56 Å². The molecule has 0 aliphatic carbocycles. The van der Waals surface area contributed by atoms with Gasteiger partial charge in [0, 0.05) is 28.2 Å². The molecule has 0 amide bonds. The molecule has 3 aromatic rings. The van der Waals surface area contributed by atoms with E-state index in [0.29, 0.717) is 11.0 Å². The predicted molar refractivity (Wildman–Crippen MR) is 91.5 cm³/mol. The van der Waals surface area contributed by atoms with E-state index in [0.717, 1.165) is 15.7 Å². The van der Waals surface area contributed by atoms with Crippen LogP contribution in [0.25, 0.3) is 17.0 Å². The molecule has 0 fully saturated rings. The van der Waals surface area contributed by atoms with Gasteiger partial charge in [-0.05, 0) is 43.3 Å². The molecule has 6 heteroatoms. The van der Waals surface area contributed by atoms with Gasteiger partial charge < -0.3 is 4.42 Å². The van der Waals surface area contributed by atoms with Gasteiger partial charge in [0.05, 0.1) is 6.20 Å². The summed E-state index contributed by atoms with van der Waals surface area (Å²) >= 11 is 3.36. The lowest BCUT2D eigenvalue weighted by atomic mass is 10.1. The summed E-state index contributed by atoms with van der Waals surface area (Å²) in [5.74, 6) is -0.399. The number of ketones is 1. The van der Waals surface area contributed by atoms with Crippen molar-refractivity contribution in [2.45, 2.75) is 6.92 Å². The quantitative estimate of drug-likeness (QED) is 0.401. The van der Waals surface area contributed by atoms with E-state index in [1.54, 1.807) is 41.2 Å². The number of benzene rings is 1. The summed E-state index contributed by atoms with van der Waals surface area (Å²) in [6, 6.07) is 6.81. The lowest BCUT2D eigenvalue weighted by molar-refractivity contribution is 0.104. The molecule has 23 heavy (non-hydrogen) atoms. The third kappa shape index (κ3) is 3.03. The number of aryl methyl sites for hydroxylation is 1. The highest BCUT2D eigenvalue weighted by Crippen LogP contribution is 2.19. The van der Waals surface area contributed by atoms with Gasteiger partial charge in [-0.25, -0.2) is 4.79 Å². The molecule has 0 bridgehead atoms. The minimum atomic E-state index is -0.641. The standard InChI is InChI=1S/C17H13BrN2O3/c1-10-11(9-19-20(10)2)3-5-15(21)14-8-12-7-13(18)4-6-16(12)23-17(14)22/h3-9H,1-2H3/b5-3+. The molecule has 5 nitrogen and oxygen atoms in total. The maximum absolute atomic E-state index is 12.3. The van der Waals surface area contributed by atoms with Crippen LogP contribution in [-0.2, 0) is 7.05 Å². The number of carbonyl (C=O) groups is 1. The lowest BCUT2D eigenvalue weighted by Gasteiger charge is -2.00. The van der Waals surface area contributed by atoms with Gasteiger partial charge in [-0.15, -0.1) is 0 Å². The Hall–Kier alpha value is -2.47. The largest absolute Gasteiger partial charge is 0.422 e. The summed E-state index contributed by atoms with van der Waals surface area (Å²) in [6.07, 6.45) is 4.67. The van der Waals surface area contributed by atoms with E-state index >= 15 is 0 Å². The van der Waals surface area contributed by atoms with Crippen LogP contribution in [0.15, 0.2) is 50.2 Å². The molecule has 116 valence electrons. The molecule has 2 heterocycles. The van der Waals surface area contributed by atoms with Gasteiger partial charge in [0.25, 0.3) is 0 Å². The Morgan fingerprint density at radius 3 is 2.83 bits per heavy atom. The topological polar surface area (TPSA) is 65.1 Å². The van der Waals surface area contributed by atoms with Crippen LogP contribution < -0.4 is 5.63 Å². The molecular formula is C17H13BrN2O3. The fourth-order valence-corrected chi connectivity index (χ4v) is 2.58. The molecule has 0 N–H and O–H groups in total. The molecule has 0 atom stereocenters. The third-order valence-corrected chi connectivity index (χ3v) is 4.14. The second-order valence-electron chi connectivity index (χ2n) is 5.14. The zero-order chi connectivity index (χ0) is 16.6.